The number of rotatable bonds is 2. The molecule has 3 aromatic rings. The number of para-hydroxylation sites is 1. The minimum atomic E-state index is -0.909. The fourth-order valence-corrected chi connectivity index (χ4v) is 7.93. The summed E-state index contributed by atoms with van der Waals surface area (Å²) >= 11 is 0. The minimum absolute atomic E-state index is 0. The molecule has 3 aliphatic carbocycles. The number of aromatic nitrogens is 1. The highest BCUT2D eigenvalue weighted by Gasteiger charge is 2.73. The molecule has 5 heteroatoms. The highest BCUT2D eigenvalue weighted by molar-refractivity contribution is 5.87. The van der Waals surface area contributed by atoms with Crippen LogP contribution in [0.2, 0.25) is 0 Å². The SMILES string of the molecule is C.Cn1c2c(c3ccccc31)C[C@@]1(O)[C@H]3Cc4ccc(O)c5c4[C@@]1(CCN3CC1CC1)C2O5. The van der Waals surface area contributed by atoms with E-state index in [2.05, 4.69) is 46.8 Å². The molecular formula is C28H32N2O3. The largest absolute Gasteiger partial charge is 0.504 e. The van der Waals surface area contributed by atoms with E-state index in [1.807, 2.05) is 0 Å². The van der Waals surface area contributed by atoms with Crippen LogP contribution in [0.5, 0.6) is 11.5 Å². The zero-order valence-corrected chi connectivity index (χ0v) is 18.3. The number of hydrogen-bond donors (Lipinski definition) is 2. The molecule has 1 aromatic heterocycles. The van der Waals surface area contributed by atoms with Gasteiger partial charge in [-0.15, -0.1) is 0 Å². The Kier molecular flexibility index (Phi) is 3.70. The second kappa shape index (κ2) is 6.13. The average Bonchev–Trinajstić information content (AvgIpc) is 3.47. The standard InChI is InChI=1S/C27H28N2O3.CH4/c1-28-19-5-3-2-4-17(19)18-13-27(31)21-12-16-8-9-20(30)24-22(16)26(27,25(32-24)23(18)28)10-11-29(21)14-15-6-7-15;/h2-5,8-9,15,21,25,30-31H,6-7,10-14H2,1H3;1H4/t21-,25?,26+,27-;/m1./s1. The molecule has 2 fully saturated rings. The Bertz CT molecular complexity index is 1320. The Morgan fingerprint density at radius 1 is 1.15 bits per heavy atom. The van der Waals surface area contributed by atoms with Crippen LogP contribution in [0.15, 0.2) is 36.4 Å². The van der Waals surface area contributed by atoms with Crippen molar-refractivity contribution in [3.05, 3.63) is 58.8 Å². The van der Waals surface area contributed by atoms with Crippen LogP contribution in [0.25, 0.3) is 10.9 Å². The normalized spacial score (nSPS) is 33.3. The summed E-state index contributed by atoms with van der Waals surface area (Å²) in [6, 6.07) is 12.5. The van der Waals surface area contributed by atoms with Crippen LogP contribution in [0, 0.1) is 5.92 Å². The van der Waals surface area contributed by atoms with Gasteiger partial charge < -0.3 is 19.5 Å². The van der Waals surface area contributed by atoms with Crippen molar-refractivity contribution in [1.82, 2.24) is 9.47 Å². The van der Waals surface area contributed by atoms with E-state index in [0.717, 1.165) is 37.4 Å². The molecule has 2 bridgehead atoms. The van der Waals surface area contributed by atoms with Gasteiger partial charge in [0, 0.05) is 42.5 Å². The number of ether oxygens (including phenoxy) is 1. The Labute approximate surface area is 194 Å². The van der Waals surface area contributed by atoms with Crippen LogP contribution in [0.3, 0.4) is 0 Å². The van der Waals surface area contributed by atoms with Gasteiger partial charge in [0.2, 0.25) is 0 Å². The summed E-state index contributed by atoms with van der Waals surface area (Å²) in [7, 11) is 2.12. The van der Waals surface area contributed by atoms with Crippen LogP contribution in [0.1, 0.15) is 55.2 Å². The first kappa shape index (κ1) is 19.9. The van der Waals surface area contributed by atoms with E-state index < -0.39 is 11.0 Å². The number of fused-ring (bicyclic) bond motifs is 4. The molecule has 2 aliphatic heterocycles. The molecule has 1 saturated heterocycles. The van der Waals surface area contributed by atoms with E-state index in [4.69, 9.17) is 4.74 Å². The van der Waals surface area contributed by atoms with Gasteiger partial charge in [-0.1, -0.05) is 31.7 Å². The molecule has 33 heavy (non-hydrogen) atoms. The Morgan fingerprint density at radius 3 is 2.79 bits per heavy atom. The van der Waals surface area contributed by atoms with Gasteiger partial charge in [-0.05, 0) is 61.4 Å². The summed E-state index contributed by atoms with van der Waals surface area (Å²) in [5, 5.41) is 24.8. The number of aromatic hydroxyl groups is 1. The van der Waals surface area contributed by atoms with E-state index in [1.165, 1.54) is 40.6 Å². The third-order valence-electron chi connectivity index (χ3n) is 9.47. The lowest BCUT2D eigenvalue weighted by atomic mass is 9.49. The molecule has 0 radical (unpaired) electrons. The third-order valence-corrected chi connectivity index (χ3v) is 9.47. The fraction of sp³-hybridized carbons (Fsp3) is 0.500. The van der Waals surface area contributed by atoms with Crippen molar-refractivity contribution in [1.29, 1.82) is 0 Å². The van der Waals surface area contributed by atoms with Crippen LogP contribution in [-0.2, 0) is 25.3 Å². The van der Waals surface area contributed by atoms with E-state index in [-0.39, 0.29) is 25.3 Å². The maximum absolute atomic E-state index is 12.8. The Morgan fingerprint density at radius 2 is 1.97 bits per heavy atom. The van der Waals surface area contributed by atoms with Crippen molar-refractivity contribution in [2.75, 3.05) is 13.1 Å². The van der Waals surface area contributed by atoms with Gasteiger partial charge >= 0.3 is 0 Å². The second-order valence-electron chi connectivity index (χ2n) is 10.9. The monoisotopic (exact) mass is 444 g/mol. The topological polar surface area (TPSA) is 57.9 Å². The zero-order chi connectivity index (χ0) is 21.4. The van der Waals surface area contributed by atoms with Crippen molar-refractivity contribution in [2.24, 2.45) is 13.0 Å². The molecule has 3 heterocycles. The quantitative estimate of drug-likeness (QED) is 0.622. The van der Waals surface area contributed by atoms with Gasteiger partial charge in [-0.25, -0.2) is 0 Å². The van der Waals surface area contributed by atoms with Crippen LogP contribution in [0.4, 0.5) is 0 Å². The maximum atomic E-state index is 12.8. The lowest BCUT2D eigenvalue weighted by Crippen LogP contribution is -2.74. The van der Waals surface area contributed by atoms with Gasteiger partial charge in [0.25, 0.3) is 0 Å². The third kappa shape index (κ3) is 2.12. The molecule has 2 N–H and O–H groups in total. The summed E-state index contributed by atoms with van der Waals surface area (Å²) in [5.74, 6) is 1.60. The average molecular weight is 445 g/mol. The van der Waals surface area contributed by atoms with Crippen molar-refractivity contribution in [3.63, 3.8) is 0 Å². The lowest BCUT2D eigenvalue weighted by molar-refractivity contribution is -0.173. The summed E-state index contributed by atoms with van der Waals surface area (Å²) in [6.07, 6.45) is 4.69. The molecule has 8 rings (SSSR count). The lowest BCUT2D eigenvalue weighted by Gasteiger charge is -2.63. The number of phenols is 1. The highest BCUT2D eigenvalue weighted by atomic mass is 16.5. The number of phenolic OH excluding ortho intramolecular Hbond substituents is 1. The number of aliphatic hydroxyl groups is 1. The first-order valence-corrected chi connectivity index (χ1v) is 12.1. The molecule has 5 aliphatic rings. The maximum Gasteiger partial charge on any atom is 0.166 e. The molecule has 5 nitrogen and oxygen atoms in total. The van der Waals surface area contributed by atoms with Gasteiger partial charge in [0.1, 0.15) is 0 Å². The van der Waals surface area contributed by atoms with E-state index in [9.17, 15) is 10.2 Å². The molecular weight excluding hydrogens is 412 g/mol. The van der Waals surface area contributed by atoms with Crippen molar-refractivity contribution < 1.29 is 14.9 Å². The summed E-state index contributed by atoms with van der Waals surface area (Å²) < 4.78 is 8.96. The first-order chi connectivity index (χ1) is 15.5. The summed E-state index contributed by atoms with van der Waals surface area (Å²) in [6.45, 7) is 2.08. The van der Waals surface area contributed by atoms with Gasteiger partial charge in [-0.3, -0.25) is 4.90 Å². The molecule has 0 amide bonds. The van der Waals surface area contributed by atoms with Gasteiger partial charge in [-0.2, -0.15) is 0 Å². The predicted molar refractivity (Wildman–Crippen MR) is 128 cm³/mol. The van der Waals surface area contributed by atoms with Crippen LogP contribution >= 0.6 is 0 Å². The molecule has 4 atom stereocenters. The first-order valence-electron chi connectivity index (χ1n) is 12.1. The van der Waals surface area contributed by atoms with Gasteiger partial charge in [0.15, 0.2) is 17.6 Å². The number of nitrogens with zero attached hydrogens (tertiary/aromatic N) is 2. The zero-order valence-electron chi connectivity index (χ0n) is 18.3. The van der Waals surface area contributed by atoms with E-state index in [1.54, 1.807) is 6.07 Å². The fourth-order valence-electron chi connectivity index (χ4n) is 7.93. The highest BCUT2D eigenvalue weighted by Crippen LogP contribution is 2.69. The molecule has 172 valence electrons. The molecule has 1 spiro atoms. The van der Waals surface area contributed by atoms with E-state index in [0.29, 0.717) is 12.2 Å². The van der Waals surface area contributed by atoms with Crippen molar-refractivity contribution >= 4 is 10.9 Å². The molecule has 1 unspecified atom stereocenters. The summed E-state index contributed by atoms with van der Waals surface area (Å²) in [5.41, 5.74) is 4.50. The van der Waals surface area contributed by atoms with Crippen LogP contribution < -0.4 is 4.74 Å². The van der Waals surface area contributed by atoms with Crippen molar-refractivity contribution in [3.8, 4) is 11.5 Å². The Balaban J connectivity index is 0.00000190. The number of likely N-dealkylation sites (tertiary alicyclic amines) is 1. The van der Waals surface area contributed by atoms with Crippen LogP contribution in [-0.4, -0.2) is 44.4 Å². The number of hydrogen-bond acceptors (Lipinski definition) is 4. The number of aryl methyl sites for hydroxylation is 1. The predicted octanol–water partition coefficient (Wildman–Crippen LogP) is 4.22. The molecule has 1 saturated carbocycles. The molecule has 2 aromatic carbocycles. The second-order valence-corrected chi connectivity index (χ2v) is 10.9. The Hall–Kier alpha value is -2.50. The minimum Gasteiger partial charge on any atom is -0.504 e. The number of benzene rings is 2. The smallest absolute Gasteiger partial charge is 0.166 e. The summed E-state index contributed by atoms with van der Waals surface area (Å²) in [4.78, 5) is 2.59. The van der Waals surface area contributed by atoms with Gasteiger partial charge in [0.05, 0.1) is 16.7 Å². The number of piperidine rings is 1. The van der Waals surface area contributed by atoms with E-state index >= 15 is 0 Å². The van der Waals surface area contributed by atoms with Crippen molar-refractivity contribution in [2.45, 2.75) is 62.7 Å².